The minimum Gasteiger partial charge on any atom is -0.388 e. The summed E-state index contributed by atoms with van der Waals surface area (Å²) >= 11 is 0. The predicted molar refractivity (Wildman–Crippen MR) is 80.1 cm³/mol. The average molecular weight is 269 g/mol. The first-order valence-corrected chi connectivity index (χ1v) is 6.61. The van der Waals surface area contributed by atoms with Crippen molar-refractivity contribution in [1.29, 1.82) is 0 Å². The van der Waals surface area contributed by atoms with Gasteiger partial charge in [-0.15, -0.1) is 0 Å². The van der Waals surface area contributed by atoms with Gasteiger partial charge >= 0.3 is 0 Å². The van der Waals surface area contributed by atoms with Crippen molar-refractivity contribution in [1.82, 2.24) is 4.90 Å². The van der Waals surface area contributed by atoms with Crippen LogP contribution in [0.25, 0.3) is 11.1 Å². The third-order valence-electron chi connectivity index (χ3n) is 3.27. The van der Waals surface area contributed by atoms with Crippen LogP contribution in [0.2, 0.25) is 0 Å². The van der Waals surface area contributed by atoms with Gasteiger partial charge in [0.05, 0.1) is 12.5 Å². The molecule has 104 valence electrons. The van der Waals surface area contributed by atoms with E-state index in [1.165, 1.54) is 4.90 Å². The fourth-order valence-electron chi connectivity index (χ4n) is 1.99. The van der Waals surface area contributed by atoms with Gasteiger partial charge in [0.1, 0.15) is 0 Å². The van der Waals surface area contributed by atoms with Crippen LogP contribution in [0.3, 0.4) is 0 Å². The zero-order valence-electron chi connectivity index (χ0n) is 11.8. The summed E-state index contributed by atoms with van der Waals surface area (Å²) in [6.07, 6.45) is -0.646. The standard InChI is InChI=1S/C17H19NO2/c1-18(2)17(20)12-16(19)15-10-8-14(9-11-15)13-6-4-3-5-7-13/h3-11,16,19H,12H2,1-2H3/t16-/m1/s1. The summed E-state index contributed by atoms with van der Waals surface area (Å²) in [5.41, 5.74) is 3.00. The minimum absolute atomic E-state index is 0.0790. The van der Waals surface area contributed by atoms with E-state index in [0.717, 1.165) is 16.7 Å². The highest BCUT2D eigenvalue weighted by Crippen LogP contribution is 2.23. The number of aliphatic hydroxyl groups excluding tert-OH is 1. The van der Waals surface area contributed by atoms with Crippen LogP contribution in [0.15, 0.2) is 54.6 Å². The number of aliphatic hydroxyl groups is 1. The number of benzene rings is 2. The Balaban J connectivity index is 2.10. The maximum absolute atomic E-state index is 11.6. The molecule has 0 spiro atoms. The lowest BCUT2D eigenvalue weighted by molar-refractivity contribution is -0.130. The molecule has 2 aromatic carbocycles. The molecule has 0 bridgehead atoms. The molecule has 3 heteroatoms. The molecule has 0 radical (unpaired) electrons. The summed E-state index contributed by atoms with van der Waals surface area (Å²) in [5.74, 6) is -0.0790. The molecule has 0 saturated carbocycles. The van der Waals surface area contributed by atoms with E-state index in [4.69, 9.17) is 0 Å². The van der Waals surface area contributed by atoms with Gasteiger partial charge in [0.25, 0.3) is 0 Å². The van der Waals surface area contributed by atoms with Gasteiger partial charge in [0.15, 0.2) is 0 Å². The van der Waals surface area contributed by atoms with Gasteiger partial charge in [-0.3, -0.25) is 4.79 Å². The van der Waals surface area contributed by atoms with E-state index in [1.807, 2.05) is 54.6 Å². The Hall–Kier alpha value is -2.13. The minimum atomic E-state index is -0.755. The van der Waals surface area contributed by atoms with E-state index < -0.39 is 6.10 Å². The van der Waals surface area contributed by atoms with Gasteiger partial charge in [0.2, 0.25) is 5.91 Å². The maximum atomic E-state index is 11.6. The number of nitrogens with zero attached hydrogens (tertiary/aromatic N) is 1. The molecule has 2 rings (SSSR count). The van der Waals surface area contributed by atoms with Crippen molar-refractivity contribution in [2.24, 2.45) is 0 Å². The summed E-state index contributed by atoms with van der Waals surface area (Å²) in [7, 11) is 3.38. The second-order valence-electron chi connectivity index (χ2n) is 5.00. The van der Waals surface area contributed by atoms with E-state index in [1.54, 1.807) is 14.1 Å². The van der Waals surface area contributed by atoms with Crippen LogP contribution >= 0.6 is 0 Å². The summed E-state index contributed by atoms with van der Waals surface area (Å²) in [6.45, 7) is 0. The van der Waals surface area contributed by atoms with Crippen molar-refractivity contribution in [2.45, 2.75) is 12.5 Å². The molecule has 2 aromatic rings. The van der Waals surface area contributed by atoms with Crippen LogP contribution in [0, 0.1) is 0 Å². The zero-order valence-corrected chi connectivity index (χ0v) is 11.8. The summed E-state index contributed by atoms with van der Waals surface area (Å²) in [5, 5.41) is 10.1. The molecule has 0 aliphatic rings. The molecule has 0 saturated heterocycles. The predicted octanol–water partition coefficient (Wildman–Crippen LogP) is 2.87. The molecule has 1 atom stereocenters. The van der Waals surface area contributed by atoms with Crippen molar-refractivity contribution in [3.05, 3.63) is 60.2 Å². The summed E-state index contributed by atoms with van der Waals surface area (Å²) in [6, 6.07) is 17.7. The zero-order chi connectivity index (χ0) is 14.5. The molecule has 0 aromatic heterocycles. The molecule has 0 aliphatic carbocycles. The molecule has 3 nitrogen and oxygen atoms in total. The van der Waals surface area contributed by atoms with E-state index in [9.17, 15) is 9.90 Å². The number of hydrogen-bond donors (Lipinski definition) is 1. The van der Waals surface area contributed by atoms with Gasteiger partial charge in [-0.05, 0) is 16.7 Å². The van der Waals surface area contributed by atoms with E-state index in [0.29, 0.717) is 0 Å². The number of carbonyl (C=O) groups is 1. The van der Waals surface area contributed by atoms with Crippen LogP contribution in [0.4, 0.5) is 0 Å². The quantitative estimate of drug-likeness (QED) is 0.927. The van der Waals surface area contributed by atoms with Crippen LogP contribution in [0.5, 0.6) is 0 Å². The Morgan fingerprint density at radius 1 is 1.00 bits per heavy atom. The van der Waals surface area contributed by atoms with E-state index >= 15 is 0 Å². The van der Waals surface area contributed by atoms with Gasteiger partial charge in [0, 0.05) is 14.1 Å². The van der Waals surface area contributed by atoms with Crippen molar-refractivity contribution in [3.8, 4) is 11.1 Å². The van der Waals surface area contributed by atoms with Gasteiger partial charge in [-0.2, -0.15) is 0 Å². The van der Waals surface area contributed by atoms with Crippen molar-refractivity contribution in [3.63, 3.8) is 0 Å². The number of amides is 1. The van der Waals surface area contributed by atoms with Crippen LogP contribution in [-0.4, -0.2) is 30.0 Å². The third-order valence-corrected chi connectivity index (χ3v) is 3.27. The molecule has 0 unspecified atom stereocenters. The summed E-state index contributed by atoms with van der Waals surface area (Å²) < 4.78 is 0. The largest absolute Gasteiger partial charge is 0.388 e. The topological polar surface area (TPSA) is 40.5 Å². The second-order valence-corrected chi connectivity index (χ2v) is 5.00. The van der Waals surface area contributed by atoms with Crippen molar-refractivity contribution in [2.75, 3.05) is 14.1 Å². The van der Waals surface area contributed by atoms with E-state index in [-0.39, 0.29) is 12.3 Å². The molecule has 1 N–H and O–H groups in total. The third kappa shape index (κ3) is 3.45. The average Bonchev–Trinajstić information content (AvgIpc) is 2.48. The highest BCUT2D eigenvalue weighted by Gasteiger charge is 2.14. The molecular formula is C17H19NO2. The fraction of sp³-hybridized carbons (Fsp3) is 0.235. The summed E-state index contributed by atoms with van der Waals surface area (Å²) in [4.78, 5) is 13.1. The maximum Gasteiger partial charge on any atom is 0.225 e. The SMILES string of the molecule is CN(C)C(=O)C[C@@H](O)c1ccc(-c2ccccc2)cc1. The molecule has 20 heavy (non-hydrogen) atoms. The van der Waals surface area contributed by atoms with Crippen LogP contribution in [-0.2, 0) is 4.79 Å². The lowest BCUT2D eigenvalue weighted by atomic mass is 10.0. The Labute approximate surface area is 119 Å². The Morgan fingerprint density at radius 2 is 1.55 bits per heavy atom. The van der Waals surface area contributed by atoms with Crippen molar-refractivity contribution < 1.29 is 9.90 Å². The van der Waals surface area contributed by atoms with Gasteiger partial charge in [-0.25, -0.2) is 0 Å². The first-order chi connectivity index (χ1) is 9.58. The van der Waals surface area contributed by atoms with Crippen LogP contribution < -0.4 is 0 Å². The van der Waals surface area contributed by atoms with Crippen molar-refractivity contribution >= 4 is 5.91 Å². The first kappa shape index (κ1) is 14.3. The fourth-order valence-corrected chi connectivity index (χ4v) is 1.99. The molecule has 0 heterocycles. The lowest BCUT2D eigenvalue weighted by Crippen LogP contribution is -2.23. The number of hydrogen-bond acceptors (Lipinski definition) is 2. The lowest BCUT2D eigenvalue weighted by Gasteiger charge is -2.15. The Kier molecular flexibility index (Phi) is 4.53. The van der Waals surface area contributed by atoms with Crippen LogP contribution in [0.1, 0.15) is 18.1 Å². The number of rotatable bonds is 4. The highest BCUT2D eigenvalue weighted by atomic mass is 16.3. The first-order valence-electron chi connectivity index (χ1n) is 6.61. The molecule has 0 aliphatic heterocycles. The Bertz CT molecular complexity index is 561. The van der Waals surface area contributed by atoms with Gasteiger partial charge in [-0.1, -0.05) is 54.6 Å². The number of carbonyl (C=O) groups excluding carboxylic acids is 1. The molecule has 1 amide bonds. The normalized spacial score (nSPS) is 11.9. The highest BCUT2D eigenvalue weighted by molar-refractivity contribution is 5.76. The second kappa shape index (κ2) is 6.35. The van der Waals surface area contributed by atoms with E-state index in [2.05, 4.69) is 0 Å². The monoisotopic (exact) mass is 269 g/mol. The molecular weight excluding hydrogens is 250 g/mol. The molecule has 0 fully saturated rings. The van der Waals surface area contributed by atoms with Gasteiger partial charge < -0.3 is 10.0 Å². The smallest absolute Gasteiger partial charge is 0.225 e. The Morgan fingerprint density at radius 3 is 2.10 bits per heavy atom.